The molecule has 1 aliphatic rings. The molecular formula is C18H22N2O4S. The maximum atomic E-state index is 13.0. The van der Waals surface area contributed by atoms with E-state index in [1.807, 2.05) is 30.3 Å². The minimum Gasteiger partial charge on any atom is -0.361 e. The third-order valence-corrected chi connectivity index (χ3v) is 6.42. The Balaban J connectivity index is 1.84. The molecule has 1 saturated heterocycles. The Morgan fingerprint density at radius 2 is 2.00 bits per heavy atom. The van der Waals surface area contributed by atoms with E-state index in [0.29, 0.717) is 24.4 Å². The van der Waals surface area contributed by atoms with Crippen LogP contribution in [0.4, 0.5) is 0 Å². The Kier molecular flexibility index (Phi) is 4.94. The van der Waals surface area contributed by atoms with Gasteiger partial charge in [0.2, 0.25) is 5.91 Å². The fraction of sp³-hybridized carbons (Fsp3) is 0.444. The summed E-state index contributed by atoms with van der Waals surface area (Å²) in [6.45, 7) is 3.99. The molecule has 1 atom stereocenters. The summed E-state index contributed by atoms with van der Waals surface area (Å²) in [4.78, 5) is 14.7. The lowest BCUT2D eigenvalue weighted by molar-refractivity contribution is -0.133. The fourth-order valence-electron chi connectivity index (χ4n) is 3.23. The van der Waals surface area contributed by atoms with E-state index in [9.17, 15) is 13.2 Å². The molecule has 1 fully saturated rings. The van der Waals surface area contributed by atoms with Gasteiger partial charge in [-0.3, -0.25) is 4.79 Å². The van der Waals surface area contributed by atoms with E-state index in [2.05, 4.69) is 5.16 Å². The molecule has 1 amide bonds. The third-order valence-electron chi connectivity index (χ3n) is 4.67. The zero-order valence-electron chi connectivity index (χ0n) is 14.4. The number of carbonyl (C=O) groups excluding carboxylic acids is 1. The number of sulfone groups is 1. The van der Waals surface area contributed by atoms with E-state index < -0.39 is 9.84 Å². The lowest BCUT2D eigenvalue weighted by atomic mass is 10.1. The first-order valence-corrected chi connectivity index (χ1v) is 10.1. The molecule has 134 valence electrons. The second-order valence-electron chi connectivity index (χ2n) is 6.54. The Bertz CT molecular complexity index is 839. The normalized spacial score (nSPS) is 19.0. The van der Waals surface area contributed by atoms with Crippen molar-refractivity contribution >= 4 is 15.7 Å². The molecule has 7 heteroatoms. The maximum absolute atomic E-state index is 13.0. The minimum atomic E-state index is -3.07. The molecule has 25 heavy (non-hydrogen) atoms. The summed E-state index contributed by atoms with van der Waals surface area (Å²) in [6, 6.07) is 9.35. The van der Waals surface area contributed by atoms with Crippen molar-refractivity contribution in [2.75, 3.05) is 11.5 Å². The highest BCUT2D eigenvalue weighted by molar-refractivity contribution is 7.91. The molecule has 2 heterocycles. The highest BCUT2D eigenvalue weighted by atomic mass is 32.2. The molecule has 0 aliphatic carbocycles. The number of aryl methyl sites for hydroxylation is 2. The van der Waals surface area contributed by atoms with Gasteiger partial charge in [-0.2, -0.15) is 0 Å². The van der Waals surface area contributed by atoms with Crippen LogP contribution in [-0.2, 0) is 27.6 Å². The van der Waals surface area contributed by atoms with Crippen molar-refractivity contribution in [2.45, 2.75) is 39.3 Å². The molecule has 3 rings (SSSR count). The smallest absolute Gasteiger partial charge is 0.227 e. The second kappa shape index (κ2) is 7.00. The van der Waals surface area contributed by atoms with Crippen LogP contribution in [0.1, 0.15) is 29.0 Å². The molecule has 0 spiro atoms. The van der Waals surface area contributed by atoms with Crippen molar-refractivity contribution in [1.29, 1.82) is 0 Å². The largest absolute Gasteiger partial charge is 0.361 e. The van der Waals surface area contributed by atoms with Crippen LogP contribution in [0.2, 0.25) is 0 Å². The van der Waals surface area contributed by atoms with Gasteiger partial charge < -0.3 is 9.42 Å². The highest BCUT2D eigenvalue weighted by Gasteiger charge is 2.35. The predicted molar refractivity (Wildman–Crippen MR) is 93.7 cm³/mol. The number of carbonyl (C=O) groups is 1. The monoisotopic (exact) mass is 362 g/mol. The Labute approximate surface area is 147 Å². The van der Waals surface area contributed by atoms with E-state index in [4.69, 9.17) is 4.52 Å². The molecule has 1 aromatic heterocycles. The Morgan fingerprint density at radius 3 is 2.56 bits per heavy atom. The lowest BCUT2D eigenvalue weighted by Gasteiger charge is -2.28. The van der Waals surface area contributed by atoms with Gasteiger partial charge in [0.15, 0.2) is 9.84 Å². The van der Waals surface area contributed by atoms with Gasteiger partial charge in [0.05, 0.1) is 23.6 Å². The van der Waals surface area contributed by atoms with E-state index in [1.165, 1.54) is 0 Å². The van der Waals surface area contributed by atoms with E-state index in [1.54, 1.807) is 18.7 Å². The van der Waals surface area contributed by atoms with Gasteiger partial charge in [0.1, 0.15) is 5.76 Å². The van der Waals surface area contributed by atoms with Gasteiger partial charge in [-0.15, -0.1) is 0 Å². The van der Waals surface area contributed by atoms with Crippen molar-refractivity contribution < 1.29 is 17.7 Å². The molecule has 0 bridgehead atoms. The predicted octanol–water partition coefficient (Wildman–Crippen LogP) is 2.05. The van der Waals surface area contributed by atoms with Crippen LogP contribution in [0.5, 0.6) is 0 Å². The number of benzene rings is 1. The van der Waals surface area contributed by atoms with Crippen LogP contribution in [0, 0.1) is 13.8 Å². The number of hydrogen-bond acceptors (Lipinski definition) is 5. The summed E-state index contributed by atoms with van der Waals surface area (Å²) in [5, 5.41) is 3.89. The van der Waals surface area contributed by atoms with E-state index in [-0.39, 0.29) is 29.9 Å². The van der Waals surface area contributed by atoms with Crippen molar-refractivity contribution in [2.24, 2.45) is 0 Å². The first-order valence-electron chi connectivity index (χ1n) is 8.31. The van der Waals surface area contributed by atoms with Crippen LogP contribution < -0.4 is 0 Å². The van der Waals surface area contributed by atoms with Crippen molar-refractivity contribution in [3.8, 4) is 0 Å². The van der Waals surface area contributed by atoms with Gasteiger partial charge in [0, 0.05) is 18.2 Å². The number of nitrogens with zero attached hydrogens (tertiary/aromatic N) is 2. The van der Waals surface area contributed by atoms with Gasteiger partial charge in [0.25, 0.3) is 0 Å². The number of aromatic nitrogens is 1. The number of amides is 1. The summed E-state index contributed by atoms with van der Waals surface area (Å²) < 4.78 is 28.9. The number of rotatable bonds is 5. The summed E-state index contributed by atoms with van der Waals surface area (Å²) >= 11 is 0. The van der Waals surface area contributed by atoms with Gasteiger partial charge in [-0.1, -0.05) is 35.5 Å². The van der Waals surface area contributed by atoms with Gasteiger partial charge in [-0.25, -0.2) is 8.42 Å². The van der Waals surface area contributed by atoms with Crippen LogP contribution in [0.15, 0.2) is 34.9 Å². The standard InChI is InChI=1S/C18H22N2O4S/c1-13-17(14(2)24-19-13)10-18(21)20(11-15-6-4-3-5-7-15)16-8-9-25(22,23)12-16/h3-7,16H,8-12H2,1-2H3/t16-/m0/s1. The topological polar surface area (TPSA) is 80.5 Å². The van der Waals surface area contributed by atoms with Crippen molar-refractivity contribution in [1.82, 2.24) is 10.1 Å². The van der Waals surface area contributed by atoms with Crippen LogP contribution in [0.3, 0.4) is 0 Å². The highest BCUT2D eigenvalue weighted by Crippen LogP contribution is 2.22. The molecule has 0 N–H and O–H groups in total. The van der Waals surface area contributed by atoms with Crippen molar-refractivity contribution in [3.63, 3.8) is 0 Å². The molecule has 0 radical (unpaired) electrons. The Morgan fingerprint density at radius 1 is 1.28 bits per heavy atom. The number of hydrogen-bond donors (Lipinski definition) is 0. The lowest BCUT2D eigenvalue weighted by Crippen LogP contribution is -2.41. The van der Waals surface area contributed by atoms with Gasteiger partial charge >= 0.3 is 0 Å². The first kappa shape index (κ1) is 17.7. The zero-order chi connectivity index (χ0) is 18.0. The first-order chi connectivity index (χ1) is 11.9. The van der Waals surface area contributed by atoms with Crippen LogP contribution in [-0.4, -0.2) is 41.9 Å². The van der Waals surface area contributed by atoms with Gasteiger partial charge in [-0.05, 0) is 25.8 Å². The summed E-state index contributed by atoms with van der Waals surface area (Å²) in [5.74, 6) is 0.708. The zero-order valence-corrected chi connectivity index (χ0v) is 15.3. The molecular weight excluding hydrogens is 340 g/mol. The molecule has 6 nitrogen and oxygen atoms in total. The molecule has 1 aliphatic heterocycles. The summed E-state index contributed by atoms with van der Waals surface area (Å²) in [6.07, 6.45) is 0.660. The van der Waals surface area contributed by atoms with Crippen molar-refractivity contribution in [3.05, 3.63) is 52.9 Å². The average Bonchev–Trinajstić information content (AvgIpc) is 3.09. The molecule has 0 saturated carbocycles. The summed E-state index contributed by atoms with van der Waals surface area (Å²) in [5.41, 5.74) is 2.47. The quantitative estimate of drug-likeness (QED) is 0.813. The fourth-order valence-corrected chi connectivity index (χ4v) is 4.96. The SMILES string of the molecule is Cc1noc(C)c1CC(=O)N(Cc1ccccc1)[C@H]1CCS(=O)(=O)C1. The Hall–Kier alpha value is -2.15. The molecule has 1 aromatic carbocycles. The van der Waals surface area contributed by atoms with E-state index in [0.717, 1.165) is 11.1 Å². The average molecular weight is 362 g/mol. The summed E-state index contributed by atoms with van der Waals surface area (Å²) in [7, 11) is -3.07. The molecule has 0 unspecified atom stereocenters. The second-order valence-corrected chi connectivity index (χ2v) is 8.77. The van der Waals surface area contributed by atoms with Crippen LogP contribution >= 0.6 is 0 Å². The molecule has 2 aromatic rings. The van der Waals surface area contributed by atoms with E-state index >= 15 is 0 Å². The maximum Gasteiger partial charge on any atom is 0.227 e. The minimum absolute atomic E-state index is 0.0349. The third kappa shape index (κ3) is 4.10. The van der Waals surface area contributed by atoms with Crippen LogP contribution in [0.25, 0.3) is 0 Å².